The molecular formula is C17H20F3N3OS. The molecule has 25 heavy (non-hydrogen) atoms. The average molecular weight is 371 g/mol. The number of rotatable bonds is 5. The molecular weight excluding hydrogens is 351 g/mol. The lowest BCUT2D eigenvalue weighted by Gasteiger charge is -2.14. The van der Waals surface area contributed by atoms with E-state index in [1.807, 2.05) is 13.8 Å². The summed E-state index contributed by atoms with van der Waals surface area (Å²) in [6.45, 7) is 4.10. The number of aromatic nitrogens is 3. The minimum absolute atomic E-state index is 0.0315. The van der Waals surface area contributed by atoms with Crippen LogP contribution in [0, 0.1) is 5.92 Å². The van der Waals surface area contributed by atoms with E-state index in [0.717, 1.165) is 12.8 Å². The van der Waals surface area contributed by atoms with Crippen molar-refractivity contribution in [3.8, 4) is 0 Å². The van der Waals surface area contributed by atoms with Gasteiger partial charge in [-0.1, -0.05) is 13.8 Å². The van der Waals surface area contributed by atoms with Gasteiger partial charge in [-0.2, -0.15) is 18.3 Å². The van der Waals surface area contributed by atoms with Crippen molar-refractivity contribution in [2.45, 2.75) is 58.7 Å². The Kier molecular flexibility index (Phi) is 4.99. The van der Waals surface area contributed by atoms with Gasteiger partial charge in [0.25, 0.3) is 0 Å². The highest BCUT2D eigenvalue weighted by Crippen LogP contribution is 2.36. The van der Waals surface area contributed by atoms with Crippen LogP contribution in [-0.2, 0) is 25.6 Å². The van der Waals surface area contributed by atoms with E-state index in [1.165, 1.54) is 16.0 Å². The van der Waals surface area contributed by atoms with Gasteiger partial charge in [-0.05, 0) is 31.6 Å². The Morgan fingerprint density at radius 3 is 2.72 bits per heavy atom. The summed E-state index contributed by atoms with van der Waals surface area (Å²) >= 11 is 1.29. The van der Waals surface area contributed by atoms with Crippen molar-refractivity contribution in [3.05, 3.63) is 33.0 Å². The van der Waals surface area contributed by atoms with Crippen LogP contribution in [0.2, 0.25) is 0 Å². The summed E-state index contributed by atoms with van der Waals surface area (Å²) in [7, 11) is 0. The maximum Gasteiger partial charge on any atom is 0.435 e. The largest absolute Gasteiger partial charge is 0.435 e. The second kappa shape index (κ2) is 6.90. The minimum atomic E-state index is -4.44. The second-order valence-electron chi connectivity index (χ2n) is 6.78. The number of thiazole rings is 1. The van der Waals surface area contributed by atoms with E-state index in [2.05, 4.69) is 10.1 Å². The number of fused-ring (bicyclic) bond motifs is 1. The molecule has 0 aliphatic heterocycles. The van der Waals surface area contributed by atoms with E-state index in [9.17, 15) is 18.0 Å². The Morgan fingerprint density at radius 1 is 1.32 bits per heavy atom. The molecule has 1 aliphatic rings. The van der Waals surface area contributed by atoms with Gasteiger partial charge in [-0.3, -0.25) is 9.48 Å². The van der Waals surface area contributed by atoms with Crippen LogP contribution in [0.4, 0.5) is 13.2 Å². The van der Waals surface area contributed by atoms with Gasteiger partial charge in [0.15, 0.2) is 11.5 Å². The van der Waals surface area contributed by atoms with E-state index >= 15 is 0 Å². The molecule has 2 aromatic heterocycles. The van der Waals surface area contributed by atoms with Gasteiger partial charge in [0.2, 0.25) is 0 Å². The van der Waals surface area contributed by atoms with Crippen LogP contribution in [0.25, 0.3) is 0 Å². The molecule has 1 aliphatic carbocycles. The Morgan fingerprint density at radius 2 is 2.04 bits per heavy atom. The van der Waals surface area contributed by atoms with Gasteiger partial charge < -0.3 is 0 Å². The molecule has 0 radical (unpaired) electrons. The third-order valence-electron chi connectivity index (χ3n) is 4.24. The van der Waals surface area contributed by atoms with E-state index in [-0.39, 0.29) is 18.2 Å². The van der Waals surface area contributed by atoms with Gasteiger partial charge in [0.05, 0.1) is 6.54 Å². The highest BCUT2D eigenvalue weighted by Gasteiger charge is 2.39. The van der Waals surface area contributed by atoms with E-state index < -0.39 is 11.9 Å². The number of carbonyl (C=O) groups is 1. The molecule has 0 N–H and O–H groups in total. The molecule has 2 heterocycles. The molecule has 0 saturated heterocycles. The summed E-state index contributed by atoms with van der Waals surface area (Å²) in [5.41, 5.74) is 0.607. The number of ketones is 1. The monoisotopic (exact) mass is 371 g/mol. The third kappa shape index (κ3) is 3.94. The number of carbonyl (C=O) groups excluding carboxylic acids is 1. The lowest BCUT2D eigenvalue weighted by molar-refractivity contribution is -0.142. The minimum Gasteiger partial charge on any atom is -0.292 e. The van der Waals surface area contributed by atoms with Gasteiger partial charge in [-0.25, -0.2) is 4.98 Å². The SMILES string of the molecule is CC(C)CC(=O)c1csc(Cn2nc(C(F)(F)F)c3c2CCCC3)n1. The predicted octanol–water partition coefficient (Wildman–Crippen LogP) is 4.51. The van der Waals surface area contributed by atoms with Gasteiger partial charge in [0, 0.05) is 23.1 Å². The molecule has 3 rings (SSSR count). The predicted molar refractivity (Wildman–Crippen MR) is 88.9 cm³/mol. The van der Waals surface area contributed by atoms with Crippen molar-refractivity contribution in [3.63, 3.8) is 0 Å². The van der Waals surface area contributed by atoms with Crippen LogP contribution in [0.3, 0.4) is 0 Å². The van der Waals surface area contributed by atoms with Crippen LogP contribution in [-0.4, -0.2) is 20.5 Å². The molecule has 0 bridgehead atoms. The molecule has 0 amide bonds. The molecule has 0 spiro atoms. The van der Waals surface area contributed by atoms with Gasteiger partial charge in [-0.15, -0.1) is 11.3 Å². The number of alkyl halides is 3. The van der Waals surface area contributed by atoms with E-state index in [1.54, 1.807) is 5.38 Å². The second-order valence-corrected chi connectivity index (χ2v) is 7.73. The zero-order valence-electron chi connectivity index (χ0n) is 14.2. The third-order valence-corrected chi connectivity index (χ3v) is 5.08. The summed E-state index contributed by atoms with van der Waals surface area (Å²) in [6.07, 6.45) is -1.38. The molecule has 0 atom stereocenters. The number of Topliss-reactive ketones (excluding diaryl/α,β-unsaturated/α-hetero) is 1. The van der Waals surface area contributed by atoms with Crippen LogP contribution >= 0.6 is 11.3 Å². The standard InChI is InChI=1S/C17H20F3N3OS/c1-10(2)7-14(24)12-9-25-15(21-12)8-23-13-6-4-3-5-11(13)16(22-23)17(18,19)20/h9-10H,3-8H2,1-2H3. The Labute approximate surface area is 148 Å². The lowest BCUT2D eigenvalue weighted by Crippen LogP contribution is -2.11. The fourth-order valence-electron chi connectivity index (χ4n) is 3.14. The number of nitrogens with zero attached hydrogens (tertiary/aromatic N) is 3. The van der Waals surface area contributed by atoms with Crippen molar-refractivity contribution < 1.29 is 18.0 Å². The average Bonchev–Trinajstić information content (AvgIpc) is 3.12. The quantitative estimate of drug-likeness (QED) is 0.727. The van der Waals surface area contributed by atoms with Crippen LogP contribution in [0.5, 0.6) is 0 Å². The molecule has 0 saturated carbocycles. The zero-order valence-corrected chi connectivity index (χ0v) is 15.0. The Hall–Kier alpha value is -1.70. The zero-order chi connectivity index (χ0) is 18.2. The van der Waals surface area contributed by atoms with Crippen molar-refractivity contribution in [1.29, 1.82) is 0 Å². The molecule has 4 nitrogen and oxygen atoms in total. The maximum atomic E-state index is 13.2. The summed E-state index contributed by atoms with van der Waals surface area (Å²) in [4.78, 5) is 16.4. The Balaban J connectivity index is 1.85. The fourth-order valence-corrected chi connectivity index (χ4v) is 3.92. The van der Waals surface area contributed by atoms with Gasteiger partial charge in [0.1, 0.15) is 10.7 Å². The molecule has 2 aromatic rings. The van der Waals surface area contributed by atoms with E-state index in [4.69, 9.17) is 0 Å². The van der Waals surface area contributed by atoms with Crippen LogP contribution < -0.4 is 0 Å². The molecule has 136 valence electrons. The molecule has 8 heteroatoms. The van der Waals surface area contributed by atoms with Crippen molar-refractivity contribution in [2.24, 2.45) is 5.92 Å². The van der Waals surface area contributed by atoms with Crippen LogP contribution in [0.15, 0.2) is 5.38 Å². The topological polar surface area (TPSA) is 47.8 Å². The van der Waals surface area contributed by atoms with Crippen molar-refractivity contribution >= 4 is 17.1 Å². The first-order valence-corrected chi connectivity index (χ1v) is 9.27. The summed E-state index contributed by atoms with van der Waals surface area (Å²) in [5.74, 6) is 0.209. The number of halogens is 3. The normalized spacial score (nSPS) is 14.8. The van der Waals surface area contributed by atoms with Gasteiger partial charge >= 0.3 is 6.18 Å². The van der Waals surface area contributed by atoms with Crippen molar-refractivity contribution in [2.75, 3.05) is 0 Å². The number of hydrogen-bond donors (Lipinski definition) is 0. The smallest absolute Gasteiger partial charge is 0.292 e. The lowest BCUT2D eigenvalue weighted by atomic mass is 9.95. The first kappa shape index (κ1) is 18.1. The van der Waals surface area contributed by atoms with Crippen LogP contribution in [0.1, 0.15) is 65.6 Å². The highest BCUT2D eigenvalue weighted by atomic mass is 32.1. The molecule has 0 unspecified atom stereocenters. The summed E-state index contributed by atoms with van der Waals surface area (Å²) in [6, 6.07) is 0. The highest BCUT2D eigenvalue weighted by molar-refractivity contribution is 7.09. The summed E-state index contributed by atoms with van der Waals surface area (Å²) < 4.78 is 41.1. The Bertz CT molecular complexity index is 777. The summed E-state index contributed by atoms with van der Waals surface area (Å²) in [5, 5.41) is 6.12. The van der Waals surface area contributed by atoms with E-state index in [0.29, 0.717) is 41.2 Å². The van der Waals surface area contributed by atoms with Crippen molar-refractivity contribution in [1.82, 2.24) is 14.8 Å². The first-order chi connectivity index (χ1) is 11.8. The number of hydrogen-bond acceptors (Lipinski definition) is 4. The molecule has 0 fully saturated rings. The first-order valence-electron chi connectivity index (χ1n) is 8.39. The molecule has 0 aromatic carbocycles. The maximum absolute atomic E-state index is 13.2. The fraction of sp³-hybridized carbons (Fsp3) is 0.588.